The summed E-state index contributed by atoms with van der Waals surface area (Å²) in [5.74, 6) is -4.99. The average Bonchev–Trinajstić information content (AvgIpc) is 2.90. The molecule has 0 saturated heterocycles. The number of phenols is 4. The molecule has 38 heavy (non-hydrogen) atoms. The highest BCUT2D eigenvalue weighted by Crippen LogP contribution is 2.45. The molecule has 0 saturated carbocycles. The number of carbonyl (C=O) groups is 1. The van der Waals surface area contributed by atoms with E-state index in [4.69, 9.17) is 9.15 Å². The largest absolute Gasteiger partial charge is 0.507 e. The van der Waals surface area contributed by atoms with Crippen molar-refractivity contribution in [3.05, 3.63) is 76.2 Å². The molecule has 0 amide bonds. The van der Waals surface area contributed by atoms with Crippen molar-refractivity contribution < 1.29 is 39.5 Å². The lowest BCUT2D eigenvalue weighted by molar-refractivity contribution is -0.140. The Morgan fingerprint density at radius 2 is 1.63 bits per heavy atom. The van der Waals surface area contributed by atoms with E-state index >= 15 is 0 Å². The van der Waals surface area contributed by atoms with Crippen LogP contribution in [-0.4, -0.2) is 48.6 Å². The lowest BCUT2D eigenvalue weighted by Crippen LogP contribution is -2.13. The summed E-state index contributed by atoms with van der Waals surface area (Å²) < 4.78 is 10.8. The topological polar surface area (TPSA) is 183 Å². The second kappa shape index (κ2) is 9.28. The van der Waals surface area contributed by atoms with Gasteiger partial charge in [-0.05, 0) is 35.9 Å². The first-order valence-electron chi connectivity index (χ1n) is 11.2. The van der Waals surface area contributed by atoms with Gasteiger partial charge in [-0.1, -0.05) is 6.07 Å². The molecule has 5 rings (SSSR count). The molecule has 192 valence electrons. The summed E-state index contributed by atoms with van der Waals surface area (Å²) in [7, 11) is 1.20. The molecular weight excluding hydrogens is 496 g/mol. The zero-order chi connectivity index (χ0) is 27.1. The van der Waals surface area contributed by atoms with Gasteiger partial charge < -0.3 is 34.7 Å². The van der Waals surface area contributed by atoms with Crippen molar-refractivity contribution >= 4 is 28.0 Å². The van der Waals surface area contributed by atoms with Crippen LogP contribution in [0.25, 0.3) is 33.3 Å². The summed E-state index contributed by atoms with van der Waals surface area (Å²) in [5, 5.41) is 51.3. The van der Waals surface area contributed by atoms with Crippen LogP contribution in [0.5, 0.6) is 28.7 Å². The number of aromatic nitrogens is 2. The Bertz CT molecular complexity index is 1800. The number of methoxy groups -OCH3 is 1. The van der Waals surface area contributed by atoms with Crippen LogP contribution < -0.4 is 5.43 Å². The molecule has 1 atom stereocenters. The first-order valence-corrected chi connectivity index (χ1v) is 11.2. The number of ether oxygens (including phenoxy) is 1. The molecule has 3 aromatic carbocycles. The summed E-state index contributed by atoms with van der Waals surface area (Å²) in [5.41, 5.74) is 0.240. The number of benzene rings is 3. The molecule has 5 N–H and O–H groups in total. The van der Waals surface area contributed by atoms with Crippen LogP contribution in [0.3, 0.4) is 0 Å². The normalized spacial score (nSPS) is 12.0. The Morgan fingerprint density at radius 1 is 0.895 bits per heavy atom. The van der Waals surface area contributed by atoms with Gasteiger partial charge in [0.05, 0.1) is 24.6 Å². The van der Waals surface area contributed by atoms with Gasteiger partial charge in [0.25, 0.3) is 0 Å². The van der Waals surface area contributed by atoms with E-state index in [-0.39, 0.29) is 23.1 Å². The van der Waals surface area contributed by atoms with Gasteiger partial charge in [-0.25, -0.2) is 0 Å². The van der Waals surface area contributed by atoms with E-state index in [9.17, 15) is 35.1 Å². The molecule has 0 aliphatic rings. The van der Waals surface area contributed by atoms with E-state index in [1.54, 1.807) is 18.2 Å². The van der Waals surface area contributed by atoms with Crippen molar-refractivity contribution in [1.29, 1.82) is 0 Å². The molecule has 5 aromatic rings. The van der Waals surface area contributed by atoms with Crippen molar-refractivity contribution in [2.45, 2.75) is 12.3 Å². The number of phenolic OH excluding ortho intramolecular Hbond substituents is 4. The minimum atomic E-state index is -1.02. The predicted molar refractivity (Wildman–Crippen MR) is 134 cm³/mol. The van der Waals surface area contributed by atoms with Gasteiger partial charge >= 0.3 is 5.97 Å². The number of fused-ring (bicyclic) bond motifs is 2. The second-order valence-corrected chi connectivity index (χ2v) is 8.48. The minimum absolute atomic E-state index is 0.0241. The van der Waals surface area contributed by atoms with Gasteiger partial charge in [-0.15, -0.1) is 0 Å². The van der Waals surface area contributed by atoms with Crippen LogP contribution in [-0.2, 0) is 9.53 Å². The molecule has 2 heterocycles. The van der Waals surface area contributed by atoms with Crippen molar-refractivity contribution in [3.63, 3.8) is 0 Å². The summed E-state index contributed by atoms with van der Waals surface area (Å²) >= 11 is 0. The summed E-state index contributed by atoms with van der Waals surface area (Å²) in [4.78, 5) is 34.2. The fourth-order valence-electron chi connectivity index (χ4n) is 4.37. The van der Waals surface area contributed by atoms with E-state index < -0.39 is 57.2 Å². The number of hydrogen-bond acceptors (Lipinski definition) is 11. The first-order chi connectivity index (χ1) is 18.2. The maximum Gasteiger partial charge on any atom is 0.306 e. The quantitative estimate of drug-likeness (QED) is 0.170. The van der Waals surface area contributed by atoms with Gasteiger partial charge in [-0.3, -0.25) is 19.6 Å². The molecule has 11 nitrogen and oxygen atoms in total. The van der Waals surface area contributed by atoms with E-state index in [1.807, 2.05) is 0 Å². The molecule has 0 bridgehead atoms. The number of nitrogens with zero attached hydrogens (tertiary/aromatic N) is 2. The van der Waals surface area contributed by atoms with E-state index in [1.165, 1.54) is 25.6 Å². The Morgan fingerprint density at radius 3 is 2.34 bits per heavy atom. The van der Waals surface area contributed by atoms with Crippen molar-refractivity contribution in [2.24, 2.45) is 0 Å². The van der Waals surface area contributed by atoms with Gasteiger partial charge in [0.2, 0.25) is 11.2 Å². The first kappa shape index (κ1) is 24.4. The fraction of sp³-hybridized carbons (Fsp3) is 0.111. The van der Waals surface area contributed by atoms with Gasteiger partial charge in [-0.2, -0.15) is 0 Å². The predicted octanol–water partition coefficient (Wildman–Crippen LogP) is 3.63. The number of rotatable bonds is 5. The zero-order valence-electron chi connectivity index (χ0n) is 19.7. The van der Waals surface area contributed by atoms with Crippen molar-refractivity contribution in [2.75, 3.05) is 7.11 Å². The monoisotopic (exact) mass is 516 g/mol. The van der Waals surface area contributed by atoms with Crippen LogP contribution in [0.15, 0.2) is 64.1 Å². The van der Waals surface area contributed by atoms with Crippen LogP contribution in [0.1, 0.15) is 23.5 Å². The maximum absolute atomic E-state index is 13.2. The van der Waals surface area contributed by atoms with Crippen LogP contribution >= 0.6 is 0 Å². The molecule has 0 unspecified atom stereocenters. The average molecular weight is 516 g/mol. The Hall–Kier alpha value is -5.32. The van der Waals surface area contributed by atoms with Crippen LogP contribution in [0.4, 0.5) is 0 Å². The maximum atomic E-state index is 13.2. The van der Waals surface area contributed by atoms with E-state index in [0.29, 0.717) is 16.6 Å². The highest BCUT2D eigenvalue weighted by Gasteiger charge is 2.30. The Balaban J connectivity index is 1.84. The molecule has 0 aliphatic carbocycles. The smallest absolute Gasteiger partial charge is 0.306 e. The van der Waals surface area contributed by atoms with Crippen LogP contribution in [0.2, 0.25) is 0 Å². The van der Waals surface area contributed by atoms with Crippen molar-refractivity contribution in [1.82, 2.24) is 9.97 Å². The summed E-state index contributed by atoms with van der Waals surface area (Å²) in [6.07, 6.45) is 2.72. The molecule has 0 aliphatic heterocycles. The Kier molecular flexibility index (Phi) is 5.95. The Labute approximate surface area is 213 Å². The number of carbonyl (C=O) groups excluding carboxylic acids is 1. The molecule has 0 radical (unpaired) electrons. The molecule has 0 spiro atoms. The highest BCUT2D eigenvalue weighted by atomic mass is 16.5. The number of esters is 1. The summed E-state index contributed by atoms with van der Waals surface area (Å²) in [6.45, 7) is 0. The zero-order valence-corrected chi connectivity index (χ0v) is 19.7. The lowest BCUT2D eigenvalue weighted by atomic mass is 9.86. The van der Waals surface area contributed by atoms with Gasteiger partial charge in [0.15, 0.2) is 17.3 Å². The lowest BCUT2D eigenvalue weighted by Gasteiger charge is -2.20. The van der Waals surface area contributed by atoms with Crippen LogP contribution in [0, 0.1) is 0 Å². The third-order valence-electron chi connectivity index (χ3n) is 6.22. The molecule has 11 heteroatoms. The van der Waals surface area contributed by atoms with Gasteiger partial charge in [0, 0.05) is 35.5 Å². The third kappa shape index (κ3) is 4.05. The third-order valence-corrected chi connectivity index (χ3v) is 6.22. The van der Waals surface area contributed by atoms with E-state index in [0.717, 1.165) is 18.2 Å². The molecule has 2 aromatic heterocycles. The summed E-state index contributed by atoms with van der Waals surface area (Å²) in [6, 6.07) is 9.40. The fourth-order valence-corrected chi connectivity index (χ4v) is 4.37. The molecular formula is C27H20N2O9. The van der Waals surface area contributed by atoms with Crippen molar-refractivity contribution in [3.8, 4) is 40.1 Å². The number of hydrogen-bond donors (Lipinski definition) is 5. The SMILES string of the molecule is COC(=O)C[C@H](c1ccc2nccnc2c1)c1c(O)cc(O)c2c(=O)c(O)c(-c3ccc(O)c(O)c3)oc12. The highest BCUT2D eigenvalue weighted by molar-refractivity contribution is 5.92. The number of aromatic hydroxyl groups is 5. The van der Waals surface area contributed by atoms with Gasteiger partial charge in [0.1, 0.15) is 22.5 Å². The standard InChI is InChI=1S/C27H20N2O9/c1-37-21(34)10-14(12-2-4-15-16(8-12)29-7-6-28-15)22-19(32)11-20(33)23-24(35)25(36)26(38-27(22)23)13-3-5-17(30)18(31)9-13/h2-9,11,14,30-33,36H,10H2,1H3/t14-/m1/s1. The molecule has 0 fully saturated rings. The van der Waals surface area contributed by atoms with E-state index in [2.05, 4.69) is 9.97 Å². The minimum Gasteiger partial charge on any atom is -0.507 e. The second-order valence-electron chi connectivity index (χ2n) is 8.48.